The summed E-state index contributed by atoms with van der Waals surface area (Å²) in [6, 6.07) is 18.1. The number of hydrogen-bond acceptors (Lipinski definition) is 1. The van der Waals surface area contributed by atoms with Crippen LogP contribution in [0.15, 0.2) is 54.6 Å². The van der Waals surface area contributed by atoms with Crippen molar-refractivity contribution in [1.82, 2.24) is 9.88 Å². The van der Waals surface area contributed by atoms with E-state index >= 15 is 0 Å². The van der Waals surface area contributed by atoms with Crippen LogP contribution in [0.3, 0.4) is 0 Å². The number of nitrogens with zero attached hydrogens (tertiary/aromatic N) is 1. The molecule has 3 rings (SSSR count). The molecule has 0 aliphatic rings. The summed E-state index contributed by atoms with van der Waals surface area (Å²) in [5, 5.41) is 3.81. The number of hydrogen-bond donors (Lipinski definition) is 1. The van der Waals surface area contributed by atoms with E-state index in [1.807, 2.05) is 78.4 Å². The number of fused-ring (bicyclic) bond motifs is 1. The summed E-state index contributed by atoms with van der Waals surface area (Å²) in [7, 11) is 3.58. The van der Waals surface area contributed by atoms with Crippen LogP contribution in [0.4, 0.5) is 0 Å². The quantitative estimate of drug-likeness (QED) is 0.784. The number of nitrogens with one attached hydrogen (secondary N) is 1. The summed E-state index contributed by atoms with van der Waals surface area (Å²) >= 11 is 0. The average molecular weight is 290 g/mol. The minimum absolute atomic E-state index is 0.0774. The standard InChI is InChI=1S/C19H18N2O/c1-20-19(22)18-16(13-12-14-8-4-3-5-9-14)15-10-6-7-11-17(15)21(18)2/h3-13H,1-2H3,(H,20,22)/b13-12+. The Labute approximate surface area is 129 Å². The van der Waals surface area contributed by atoms with Crippen LogP contribution in [-0.2, 0) is 7.05 Å². The summed E-state index contributed by atoms with van der Waals surface area (Å²) in [6.07, 6.45) is 4.05. The van der Waals surface area contributed by atoms with Gasteiger partial charge in [-0.25, -0.2) is 0 Å². The molecule has 0 saturated heterocycles. The molecule has 3 heteroatoms. The first kappa shape index (κ1) is 14.1. The molecule has 1 N–H and O–H groups in total. The maximum Gasteiger partial charge on any atom is 0.268 e. The first-order valence-electron chi connectivity index (χ1n) is 7.25. The van der Waals surface area contributed by atoms with Gasteiger partial charge in [0.1, 0.15) is 5.69 Å². The van der Waals surface area contributed by atoms with Gasteiger partial charge >= 0.3 is 0 Å². The van der Waals surface area contributed by atoms with Gasteiger partial charge in [-0.15, -0.1) is 0 Å². The average Bonchev–Trinajstić information content (AvgIpc) is 2.86. The molecule has 0 spiro atoms. The molecule has 0 aliphatic carbocycles. The van der Waals surface area contributed by atoms with Crippen LogP contribution in [0.5, 0.6) is 0 Å². The Morgan fingerprint density at radius 1 is 1.00 bits per heavy atom. The third-order valence-electron chi connectivity index (χ3n) is 3.83. The molecular formula is C19H18N2O. The minimum atomic E-state index is -0.0774. The molecule has 2 aromatic carbocycles. The fourth-order valence-corrected chi connectivity index (χ4v) is 2.73. The summed E-state index contributed by atoms with van der Waals surface area (Å²) in [6.45, 7) is 0. The Morgan fingerprint density at radius 2 is 1.68 bits per heavy atom. The minimum Gasteiger partial charge on any atom is -0.354 e. The molecule has 1 aromatic heterocycles. The van der Waals surface area contributed by atoms with E-state index in [1.54, 1.807) is 7.05 Å². The number of aryl methyl sites for hydroxylation is 1. The van der Waals surface area contributed by atoms with Crippen molar-refractivity contribution >= 4 is 29.0 Å². The zero-order chi connectivity index (χ0) is 15.5. The van der Waals surface area contributed by atoms with Gasteiger partial charge in [-0.2, -0.15) is 0 Å². The summed E-state index contributed by atoms with van der Waals surface area (Å²) < 4.78 is 1.94. The number of carbonyl (C=O) groups is 1. The van der Waals surface area contributed by atoms with Crippen molar-refractivity contribution in [2.24, 2.45) is 7.05 Å². The Bertz CT molecular complexity index is 845. The highest BCUT2D eigenvalue weighted by atomic mass is 16.1. The number of aromatic nitrogens is 1. The maximum atomic E-state index is 12.3. The summed E-state index contributed by atoms with van der Waals surface area (Å²) in [4.78, 5) is 12.3. The van der Waals surface area contributed by atoms with Crippen molar-refractivity contribution in [3.05, 3.63) is 71.4 Å². The van der Waals surface area contributed by atoms with E-state index < -0.39 is 0 Å². The van der Waals surface area contributed by atoms with E-state index in [0.29, 0.717) is 5.69 Å². The molecule has 0 saturated carbocycles. The molecule has 110 valence electrons. The smallest absolute Gasteiger partial charge is 0.268 e. The molecular weight excluding hydrogens is 272 g/mol. The Kier molecular flexibility index (Phi) is 3.79. The van der Waals surface area contributed by atoms with E-state index in [0.717, 1.165) is 22.0 Å². The third-order valence-corrected chi connectivity index (χ3v) is 3.83. The van der Waals surface area contributed by atoms with Crippen LogP contribution in [0.2, 0.25) is 0 Å². The highest BCUT2D eigenvalue weighted by Gasteiger charge is 2.17. The first-order valence-corrected chi connectivity index (χ1v) is 7.25. The molecule has 22 heavy (non-hydrogen) atoms. The molecule has 0 radical (unpaired) electrons. The van der Waals surface area contributed by atoms with Crippen LogP contribution in [0, 0.1) is 0 Å². The summed E-state index contributed by atoms with van der Waals surface area (Å²) in [5.74, 6) is -0.0774. The molecule has 1 amide bonds. The van der Waals surface area contributed by atoms with E-state index in [4.69, 9.17) is 0 Å². The van der Waals surface area contributed by atoms with Crippen LogP contribution >= 0.6 is 0 Å². The predicted molar refractivity (Wildman–Crippen MR) is 91.7 cm³/mol. The molecule has 0 bridgehead atoms. The van der Waals surface area contributed by atoms with Crippen molar-refractivity contribution in [3.63, 3.8) is 0 Å². The van der Waals surface area contributed by atoms with Gasteiger partial charge in [-0.1, -0.05) is 60.7 Å². The topological polar surface area (TPSA) is 34.0 Å². The molecule has 0 atom stereocenters. The Hall–Kier alpha value is -2.81. The first-order chi connectivity index (χ1) is 10.7. The Balaban J connectivity index is 2.19. The van der Waals surface area contributed by atoms with Gasteiger partial charge in [0.05, 0.1) is 0 Å². The van der Waals surface area contributed by atoms with Gasteiger partial charge in [-0.3, -0.25) is 4.79 Å². The van der Waals surface area contributed by atoms with E-state index in [-0.39, 0.29) is 5.91 Å². The van der Waals surface area contributed by atoms with Crippen LogP contribution in [0.25, 0.3) is 23.1 Å². The zero-order valence-electron chi connectivity index (χ0n) is 12.7. The lowest BCUT2D eigenvalue weighted by Gasteiger charge is -2.04. The van der Waals surface area contributed by atoms with Crippen molar-refractivity contribution in [2.75, 3.05) is 7.05 Å². The van der Waals surface area contributed by atoms with Crippen LogP contribution < -0.4 is 5.32 Å². The van der Waals surface area contributed by atoms with Crippen molar-refractivity contribution in [2.45, 2.75) is 0 Å². The lowest BCUT2D eigenvalue weighted by atomic mass is 10.1. The molecule has 0 unspecified atom stereocenters. The van der Waals surface area contributed by atoms with Gasteiger partial charge < -0.3 is 9.88 Å². The van der Waals surface area contributed by atoms with E-state index in [9.17, 15) is 4.79 Å². The second-order valence-corrected chi connectivity index (χ2v) is 5.16. The summed E-state index contributed by atoms with van der Waals surface area (Å²) in [5.41, 5.74) is 3.78. The van der Waals surface area contributed by atoms with Crippen molar-refractivity contribution < 1.29 is 4.79 Å². The van der Waals surface area contributed by atoms with E-state index in [2.05, 4.69) is 5.32 Å². The van der Waals surface area contributed by atoms with Gasteiger partial charge in [-0.05, 0) is 11.6 Å². The second kappa shape index (κ2) is 5.90. The number of para-hydroxylation sites is 1. The van der Waals surface area contributed by atoms with Crippen LogP contribution in [0.1, 0.15) is 21.6 Å². The number of carbonyl (C=O) groups excluding carboxylic acids is 1. The van der Waals surface area contributed by atoms with Gasteiger partial charge in [0.15, 0.2) is 0 Å². The lowest BCUT2D eigenvalue weighted by molar-refractivity contribution is 0.0955. The number of rotatable bonds is 3. The van der Waals surface area contributed by atoms with Crippen LogP contribution in [-0.4, -0.2) is 17.5 Å². The molecule has 1 heterocycles. The molecule has 0 fully saturated rings. The molecule has 3 aromatic rings. The SMILES string of the molecule is CNC(=O)c1c(/C=C/c2ccccc2)c2ccccc2n1C. The second-order valence-electron chi connectivity index (χ2n) is 5.16. The normalized spacial score (nSPS) is 11.2. The zero-order valence-corrected chi connectivity index (χ0v) is 12.7. The van der Waals surface area contributed by atoms with Gasteiger partial charge in [0.25, 0.3) is 5.91 Å². The fraction of sp³-hybridized carbons (Fsp3) is 0.105. The fourth-order valence-electron chi connectivity index (χ4n) is 2.73. The van der Waals surface area contributed by atoms with E-state index in [1.165, 1.54) is 0 Å². The number of benzene rings is 2. The van der Waals surface area contributed by atoms with Gasteiger partial charge in [0, 0.05) is 30.6 Å². The predicted octanol–water partition coefficient (Wildman–Crippen LogP) is 3.71. The Morgan fingerprint density at radius 3 is 2.41 bits per heavy atom. The highest BCUT2D eigenvalue weighted by molar-refractivity contribution is 6.06. The largest absolute Gasteiger partial charge is 0.354 e. The highest BCUT2D eigenvalue weighted by Crippen LogP contribution is 2.27. The third kappa shape index (κ3) is 2.42. The van der Waals surface area contributed by atoms with Crippen molar-refractivity contribution in [1.29, 1.82) is 0 Å². The monoisotopic (exact) mass is 290 g/mol. The van der Waals surface area contributed by atoms with Gasteiger partial charge in [0.2, 0.25) is 0 Å². The molecule has 0 aliphatic heterocycles. The van der Waals surface area contributed by atoms with Crippen molar-refractivity contribution in [3.8, 4) is 0 Å². The maximum absolute atomic E-state index is 12.3. The number of amides is 1. The molecule has 3 nitrogen and oxygen atoms in total. The lowest BCUT2D eigenvalue weighted by Crippen LogP contribution is -2.21.